The Kier molecular flexibility index (Phi) is 8.10. The fourth-order valence-electron chi connectivity index (χ4n) is 3.41. The van der Waals surface area contributed by atoms with E-state index in [1.165, 1.54) is 6.26 Å². The maximum absolute atomic E-state index is 12.4. The molecule has 1 N–H and O–H groups in total. The van der Waals surface area contributed by atoms with Crippen molar-refractivity contribution in [3.63, 3.8) is 0 Å². The molecule has 1 atom stereocenters. The highest BCUT2D eigenvalue weighted by molar-refractivity contribution is 7.90. The summed E-state index contributed by atoms with van der Waals surface area (Å²) in [5.74, 6) is 1.89. The molecule has 2 rings (SSSR count). The molecule has 1 saturated heterocycles. The van der Waals surface area contributed by atoms with Gasteiger partial charge in [0.15, 0.2) is 9.84 Å². The monoisotopic (exact) mass is 396 g/mol. The van der Waals surface area contributed by atoms with E-state index in [1.54, 1.807) is 29.2 Å². The van der Waals surface area contributed by atoms with Crippen molar-refractivity contribution < 1.29 is 17.9 Å². The molecule has 27 heavy (non-hydrogen) atoms. The van der Waals surface area contributed by atoms with Crippen molar-refractivity contribution in [2.75, 3.05) is 39.5 Å². The molecule has 0 aliphatic carbocycles. The number of nitrogens with zero attached hydrogens (tertiary/aromatic N) is 1. The van der Waals surface area contributed by atoms with Gasteiger partial charge in [0.1, 0.15) is 5.75 Å². The Morgan fingerprint density at radius 2 is 1.89 bits per heavy atom. The van der Waals surface area contributed by atoms with Crippen molar-refractivity contribution in [1.29, 1.82) is 0 Å². The van der Waals surface area contributed by atoms with Gasteiger partial charge in [0.2, 0.25) is 5.91 Å². The lowest BCUT2D eigenvalue weighted by Gasteiger charge is -2.29. The molecule has 1 aromatic carbocycles. The van der Waals surface area contributed by atoms with Crippen LogP contribution in [0.15, 0.2) is 29.2 Å². The highest BCUT2D eigenvalue weighted by atomic mass is 32.2. The van der Waals surface area contributed by atoms with Crippen molar-refractivity contribution in [3.05, 3.63) is 24.3 Å². The number of ether oxygens (including phenoxy) is 1. The smallest absolute Gasteiger partial charge is 0.222 e. The molecular weight excluding hydrogens is 364 g/mol. The first-order valence-electron chi connectivity index (χ1n) is 9.65. The molecule has 1 heterocycles. The molecule has 0 spiro atoms. The molecular formula is C20H32N2O4S. The number of sulfone groups is 1. The van der Waals surface area contributed by atoms with Crippen LogP contribution in [0.25, 0.3) is 0 Å². The summed E-state index contributed by atoms with van der Waals surface area (Å²) >= 11 is 0. The van der Waals surface area contributed by atoms with E-state index in [0.717, 1.165) is 32.4 Å². The minimum atomic E-state index is -3.19. The molecule has 0 aromatic heterocycles. The summed E-state index contributed by atoms with van der Waals surface area (Å²) in [5.41, 5.74) is 0. The molecule has 0 bridgehead atoms. The largest absolute Gasteiger partial charge is 0.494 e. The van der Waals surface area contributed by atoms with Gasteiger partial charge in [-0.25, -0.2) is 8.42 Å². The molecule has 152 valence electrons. The fraction of sp³-hybridized carbons (Fsp3) is 0.650. The standard InChI is InChI=1S/C20H32N2O4S/c1-16(17-9-11-21-12-10-17)15-20(23)22(2)13-4-14-26-18-5-7-19(8-6-18)27(3,24)25/h5-8,16-17,21H,4,9-15H2,1-3H3. The van der Waals surface area contributed by atoms with Crippen LogP contribution in [0.5, 0.6) is 5.75 Å². The second-order valence-electron chi connectivity index (χ2n) is 7.53. The number of hydrogen-bond acceptors (Lipinski definition) is 5. The van der Waals surface area contributed by atoms with Gasteiger partial charge in [-0.15, -0.1) is 0 Å². The SMILES string of the molecule is CC(CC(=O)N(C)CCCOc1ccc(S(C)(=O)=O)cc1)C1CCNCC1. The Hall–Kier alpha value is -1.60. The number of nitrogens with one attached hydrogen (secondary N) is 1. The van der Waals surface area contributed by atoms with Gasteiger partial charge in [-0.3, -0.25) is 4.79 Å². The minimum Gasteiger partial charge on any atom is -0.494 e. The molecule has 0 saturated carbocycles. The molecule has 1 amide bonds. The molecule has 7 heteroatoms. The molecule has 1 aromatic rings. The lowest BCUT2D eigenvalue weighted by Crippen LogP contribution is -2.34. The average molecular weight is 397 g/mol. The van der Waals surface area contributed by atoms with Crippen LogP contribution in [0.4, 0.5) is 0 Å². The van der Waals surface area contributed by atoms with Gasteiger partial charge in [-0.05, 0) is 68.5 Å². The zero-order valence-corrected chi connectivity index (χ0v) is 17.4. The molecule has 1 aliphatic rings. The van der Waals surface area contributed by atoms with Gasteiger partial charge in [-0.1, -0.05) is 6.92 Å². The maximum atomic E-state index is 12.4. The highest BCUT2D eigenvalue weighted by Gasteiger charge is 2.23. The van der Waals surface area contributed by atoms with Gasteiger partial charge in [0.25, 0.3) is 0 Å². The summed E-state index contributed by atoms with van der Waals surface area (Å²) in [5, 5.41) is 3.36. The molecule has 1 fully saturated rings. The van der Waals surface area contributed by atoms with E-state index in [9.17, 15) is 13.2 Å². The fourth-order valence-corrected chi connectivity index (χ4v) is 4.04. The van der Waals surface area contributed by atoms with Crippen molar-refractivity contribution in [1.82, 2.24) is 10.2 Å². The third-order valence-electron chi connectivity index (χ3n) is 5.27. The van der Waals surface area contributed by atoms with Crippen LogP contribution in [-0.2, 0) is 14.6 Å². The first-order valence-corrected chi connectivity index (χ1v) is 11.5. The number of rotatable bonds is 9. The first-order chi connectivity index (χ1) is 12.8. The Labute approximate surface area is 163 Å². The molecule has 6 nitrogen and oxygen atoms in total. The predicted molar refractivity (Wildman–Crippen MR) is 107 cm³/mol. The lowest BCUT2D eigenvalue weighted by atomic mass is 9.84. The number of carbonyl (C=O) groups is 1. The maximum Gasteiger partial charge on any atom is 0.222 e. The Balaban J connectivity index is 1.67. The highest BCUT2D eigenvalue weighted by Crippen LogP contribution is 2.24. The number of carbonyl (C=O) groups excluding carboxylic acids is 1. The van der Waals surface area contributed by atoms with Gasteiger partial charge in [0, 0.05) is 26.3 Å². The summed E-state index contributed by atoms with van der Waals surface area (Å²) < 4.78 is 28.5. The van der Waals surface area contributed by atoms with E-state index in [2.05, 4.69) is 12.2 Å². The van der Waals surface area contributed by atoms with Gasteiger partial charge in [-0.2, -0.15) is 0 Å². The van der Waals surface area contributed by atoms with Gasteiger partial charge >= 0.3 is 0 Å². The van der Waals surface area contributed by atoms with Crippen LogP contribution in [-0.4, -0.2) is 58.8 Å². The quantitative estimate of drug-likeness (QED) is 0.649. The van der Waals surface area contributed by atoms with Crippen LogP contribution in [0, 0.1) is 11.8 Å². The van der Waals surface area contributed by atoms with E-state index in [-0.39, 0.29) is 10.8 Å². The van der Waals surface area contributed by atoms with Crippen LogP contribution < -0.4 is 10.1 Å². The Morgan fingerprint density at radius 1 is 1.26 bits per heavy atom. The number of piperidine rings is 1. The summed E-state index contributed by atoms with van der Waals surface area (Å²) in [4.78, 5) is 14.5. The van der Waals surface area contributed by atoms with Gasteiger partial charge < -0.3 is 15.0 Å². The predicted octanol–water partition coefficient (Wildman–Crippen LogP) is 2.34. The second kappa shape index (κ2) is 10.1. The van der Waals surface area contributed by atoms with E-state index < -0.39 is 9.84 Å². The number of hydrogen-bond donors (Lipinski definition) is 1. The molecule has 1 unspecified atom stereocenters. The lowest BCUT2D eigenvalue weighted by molar-refractivity contribution is -0.131. The third-order valence-corrected chi connectivity index (χ3v) is 6.40. The zero-order valence-electron chi connectivity index (χ0n) is 16.6. The summed E-state index contributed by atoms with van der Waals surface area (Å²) in [6.07, 6.45) is 4.84. The topological polar surface area (TPSA) is 75.7 Å². The van der Waals surface area contributed by atoms with Crippen molar-refractivity contribution in [2.24, 2.45) is 11.8 Å². The van der Waals surface area contributed by atoms with Crippen LogP contribution >= 0.6 is 0 Å². The van der Waals surface area contributed by atoms with Crippen LogP contribution in [0.1, 0.15) is 32.6 Å². The minimum absolute atomic E-state index is 0.193. The normalized spacial score (nSPS) is 16.7. The number of amides is 1. The number of benzene rings is 1. The summed E-state index contributed by atoms with van der Waals surface area (Å²) in [7, 11) is -1.34. The summed E-state index contributed by atoms with van der Waals surface area (Å²) in [6, 6.07) is 6.41. The Morgan fingerprint density at radius 3 is 2.48 bits per heavy atom. The zero-order chi connectivity index (χ0) is 19.9. The van der Waals surface area contributed by atoms with E-state index in [4.69, 9.17) is 4.74 Å². The van der Waals surface area contributed by atoms with E-state index in [0.29, 0.717) is 37.2 Å². The van der Waals surface area contributed by atoms with Crippen LogP contribution in [0.3, 0.4) is 0 Å². The first kappa shape index (κ1) is 21.7. The van der Waals surface area contributed by atoms with Crippen molar-refractivity contribution in [2.45, 2.75) is 37.5 Å². The molecule has 0 radical (unpaired) electrons. The van der Waals surface area contributed by atoms with Gasteiger partial charge in [0.05, 0.1) is 11.5 Å². The summed E-state index contributed by atoms with van der Waals surface area (Å²) in [6.45, 7) is 5.44. The van der Waals surface area contributed by atoms with Crippen LogP contribution in [0.2, 0.25) is 0 Å². The van der Waals surface area contributed by atoms with Crippen molar-refractivity contribution >= 4 is 15.7 Å². The average Bonchev–Trinajstić information content (AvgIpc) is 2.65. The van der Waals surface area contributed by atoms with E-state index >= 15 is 0 Å². The van der Waals surface area contributed by atoms with E-state index in [1.807, 2.05) is 7.05 Å². The molecule has 1 aliphatic heterocycles. The third kappa shape index (κ3) is 7.14. The van der Waals surface area contributed by atoms with Crippen molar-refractivity contribution in [3.8, 4) is 5.75 Å². The Bertz CT molecular complexity index is 697. The second-order valence-corrected chi connectivity index (χ2v) is 9.55.